The van der Waals surface area contributed by atoms with Gasteiger partial charge < -0.3 is 9.47 Å². The molecular formula is C11H10FNO2. The van der Waals surface area contributed by atoms with Crippen LogP contribution in [0.4, 0.5) is 4.39 Å². The highest BCUT2D eigenvalue weighted by atomic mass is 19.1. The normalized spacial score (nSPS) is 17.5. The minimum atomic E-state index is -0.817. The summed E-state index contributed by atoms with van der Waals surface area (Å²) in [5, 5.41) is 8.67. The summed E-state index contributed by atoms with van der Waals surface area (Å²) in [6.45, 7) is 3.69. The van der Waals surface area contributed by atoms with Crippen molar-refractivity contribution < 1.29 is 13.9 Å². The zero-order valence-electron chi connectivity index (χ0n) is 8.50. The van der Waals surface area contributed by atoms with Gasteiger partial charge in [-0.25, -0.2) is 4.39 Å². The third-order valence-corrected chi connectivity index (χ3v) is 2.17. The van der Waals surface area contributed by atoms with Crippen LogP contribution in [0.2, 0.25) is 0 Å². The Kier molecular flexibility index (Phi) is 2.13. The van der Waals surface area contributed by atoms with Crippen molar-refractivity contribution in [2.24, 2.45) is 0 Å². The fourth-order valence-corrected chi connectivity index (χ4v) is 1.46. The number of fused-ring (bicyclic) bond motifs is 1. The molecule has 0 amide bonds. The van der Waals surface area contributed by atoms with E-state index in [9.17, 15) is 4.39 Å². The van der Waals surface area contributed by atoms with Gasteiger partial charge in [-0.15, -0.1) is 0 Å². The molecule has 0 aliphatic carbocycles. The second-order valence-corrected chi connectivity index (χ2v) is 3.85. The van der Waals surface area contributed by atoms with Crippen LogP contribution in [-0.2, 0) is 11.3 Å². The number of hydrogen-bond acceptors (Lipinski definition) is 3. The van der Waals surface area contributed by atoms with Gasteiger partial charge in [-0.1, -0.05) is 0 Å². The molecule has 1 aliphatic rings. The van der Waals surface area contributed by atoms with Crippen LogP contribution >= 0.6 is 0 Å². The number of nitrogens with zero attached hydrogens (tertiary/aromatic N) is 1. The standard InChI is InChI=1S/C11H10FNO2/c1-11(2)14-6-8-3-7(5-13)4-9(12)10(8)15-11/h3-4H,6H2,1-2H3. The summed E-state index contributed by atoms with van der Waals surface area (Å²) < 4.78 is 24.2. The SMILES string of the molecule is CC1(C)OCc2cc(C#N)cc(F)c2O1. The Morgan fingerprint density at radius 2 is 2.20 bits per heavy atom. The Balaban J connectivity index is 2.49. The Morgan fingerprint density at radius 3 is 2.87 bits per heavy atom. The first-order valence-corrected chi connectivity index (χ1v) is 4.57. The summed E-state index contributed by atoms with van der Waals surface area (Å²) in [4.78, 5) is 0. The minimum absolute atomic E-state index is 0.185. The van der Waals surface area contributed by atoms with E-state index in [2.05, 4.69) is 0 Å². The fraction of sp³-hybridized carbons (Fsp3) is 0.364. The van der Waals surface area contributed by atoms with Gasteiger partial charge in [0.1, 0.15) is 0 Å². The van der Waals surface area contributed by atoms with Gasteiger partial charge in [-0.05, 0) is 12.1 Å². The number of ether oxygens (including phenoxy) is 2. The maximum Gasteiger partial charge on any atom is 0.205 e. The van der Waals surface area contributed by atoms with Crippen molar-refractivity contribution in [3.05, 3.63) is 29.1 Å². The summed E-state index contributed by atoms with van der Waals surface area (Å²) in [5.74, 6) is -1.15. The van der Waals surface area contributed by atoms with Crippen LogP contribution in [0.1, 0.15) is 25.0 Å². The molecule has 0 bridgehead atoms. The molecule has 0 radical (unpaired) electrons. The zero-order chi connectivity index (χ0) is 11.1. The molecule has 0 saturated heterocycles. The van der Waals surface area contributed by atoms with Crippen molar-refractivity contribution in [3.63, 3.8) is 0 Å². The van der Waals surface area contributed by atoms with Crippen molar-refractivity contribution in [1.82, 2.24) is 0 Å². The second kappa shape index (κ2) is 3.21. The number of hydrogen-bond donors (Lipinski definition) is 0. The number of rotatable bonds is 0. The van der Waals surface area contributed by atoms with Gasteiger partial charge in [-0.3, -0.25) is 0 Å². The first-order chi connectivity index (χ1) is 7.02. The molecule has 0 unspecified atom stereocenters. The first kappa shape index (κ1) is 9.94. The fourth-order valence-electron chi connectivity index (χ4n) is 1.46. The lowest BCUT2D eigenvalue weighted by molar-refractivity contribution is -0.181. The molecule has 0 atom stereocenters. The Labute approximate surface area is 87.0 Å². The molecule has 2 rings (SSSR count). The summed E-state index contributed by atoms with van der Waals surface area (Å²) in [6, 6.07) is 4.63. The Hall–Kier alpha value is -1.60. The van der Waals surface area contributed by atoms with Crippen molar-refractivity contribution in [2.75, 3.05) is 0 Å². The van der Waals surface area contributed by atoms with Gasteiger partial charge in [0.2, 0.25) is 5.79 Å². The van der Waals surface area contributed by atoms with Crippen LogP contribution in [0.15, 0.2) is 12.1 Å². The molecule has 78 valence electrons. The van der Waals surface area contributed by atoms with Crippen molar-refractivity contribution in [2.45, 2.75) is 26.2 Å². The maximum absolute atomic E-state index is 13.5. The lowest BCUT2D eigenvalue weighted by Crippen LogP contribution is -2.35. The molecule has 0 fully saturated rings. The largest absolute Gasteiger partial charge is 0.460 e. The highest BCUT2D eigenvalue weighted by Gasteiger charge is 2.29. The number of nitriles is 1. The van der Waals surface area contributed by atoms with Crippen LogP contribution in [0.5, 0.6) is 5.75 Å². The van der Waals surface area contributed by atoms with E-state index < -0.39 is 11.6 Å². The predicted molar refractivity (Wildman–Crippen MR) is 50.6 cm³/mol. The Morgan fingerprint density at radius 1 is 1.47 bits per heavy atom. The summed E-state index contributed by atoms with van der Waals surface area (Å²) in [5.41, 5.74) is 0.851. The Bertz CT molecular complexity index is 449. The monoisotopic (exact) mass is 207 g/mol. The van der Waals surface area contributed by atoms with Crippen molar-refractivity contribution in [1.29, 1.82) is 5.26 Å². The van der Waals surface area contributed by atoms with E-state index in [1.807, 2.05) is 6.07 Å². The molecule has 1 aliphatic heterocycles. The van der Waals surface area contributed by atoms with Gasteiger partial charge in [0.15, 0.2) is 11.6 Å². The predicted octanol–water partition coefficient (Wildman–Crippen LogP) is 2.34. The lowest BCUT2D eigenvalue weighted by Gasteiger charge is -2.32. The van der Waals surface area contributed by atoms with Gasteiger partial charge in [-0.2, -0.15) is 5.26 Å². The highest BCUT2D eigenvalue weighted by Crippen LogP contribution is 2.34. The molecule has 0 N–H and O–H groups in total. The zero-order valence-corrected chi connectivity index (χ0v) is 8.50. The average molecular weight is 207 g/mol. The molecule has 1 heterocycles. The molecule has 15 heavy (non-hydrogen) atoms. The van der Waals surface area contributed by atoms with Gasteiger partial charge in [0.25, 0.3) is 0 Å². The van der Waals surface area contributed by atoms with Crippen LogP contribution in [0.3, 0.4) is 0 Å². The van der Waals surface area contributed by atoms with Gasteiger partial charge in [0, 0.05) is 19.4 Å². The summed E-state index contributed by atoms with van der Waals surface area (Å²) in [6.07, 6.45) is 0. The second-order valence-electron chi connectivity index (χ2n) is 3.85. The average Bonchev–Trinajstić information content (AvgIpc) is 2.18. The minimum Gasteiger partial charge on any atom is -0.460 e. The third-order valence-electron chi connectivity index (χ3n) is 2.17. The van der Waals surface area contributed by atoms with Crippen LogP contribution in [-0.4, -0.2) is 5.79 Å². The topological polar surface area (TPSA) is 42.2 Å². The number of benzene rings is 1. The molecule has 1 aromatic rings. The number of halogens is 1. The van der Waals surface area contributed by atoms with Gasteiger partial charge >= 0.3 is 0 Å². The molecule has 0 spiro atoms. The summed E-state index contributed by atoms with van der Waals surface area (Å²) in [7, 11) is 0. The highest BCUT2D eigenvalue weighted by molar-refractivity contribution is 5.43. The van der Waals surface area contributed by atoms with E-state index in [1.54, 1.807) is 19.9 Å². The van der Waals surface area contributed by atoms with Crippen LogP contribution in [0, 0.1) is 17.1 Å². The van der Waals surface area contributed by atoms with E-state index in [0.29, 0.717) is 5.56 Å². The van der Waals surface area contributed by atoms with E-state index in [-0.39, 0.29) is 17.9 Å². The lowest BCUT2D eigenvalue weighted by atomic mass is 10.1. The smallest absolute Gasteiger partial charge is 0.205 e. The third kappa shape index (κ3) is 1.79. The maximum atomic E-state index is 13.5. The molecule has 0 aromatic heterocycles. The summed E-state index contributed by atoms with van der Waals surface area (Å²) >= 11 is 0. The molecule has 3 nitrogen and oxygen atoms in total. The van der Waals surface area contributed by atoms with Gasteiger partial charge in [0.05, 0.1) is 18.2 Å². The molecular weight excluding hydrogens is 197 g/mol. The van der Waals surface area contributed by atoms with Crippen molar-refractivity contribution in [3.8, 4) is 11.8 Å². The van der Waals surface area contributed by atoms with Crippen LogP contribution in [0.25, 0.3) is 0 Å². The molecule has 0 saturated carbocycles. The first-order valence-electron chi connectivity index (χ1n) is 4.57. The van der Waals surface area contributed by atoms with Crippen molar-refractivity contribution >= 4 is 0 Å². The van der Waals surface area contributed by atoms with E-state index in [1.165, 1.54) is 6.07 Å². The van der Waals surface area contributed by atoms with E-state index >= 15 is 0 Å². The van der Waals surface area contributed by atoms with E-state index in [4.69, 9.17) is 14.7 Å². The quantitative estimate of drug-likeness (QED) is 0.655. The molecule has 4 heteroatoms. The van der Waals surface area contributed by atoms with Crippen LogP contribution < -0.4 is 4.74 Å². The molecule has 1 aromatic carbocycles. The van der Waals surface area contributed by atoms with E-state index in [0.717, 1.165) is 0 Å².